The molecule has 3 nitrogen and oxygen atoms in total. The predicted molar refractivity (Wildman–Crippen MR) is 60.5 cm³/mol. The van der Waals surface area contributed by atoms with E-state index < -0.39 is 0 Å². The van der Waals surface area contributed by atoms with Gasteiger partial charge in [-0.05, 0) is 19.4 Å². The molecule has 1 heterocycles. The van der Waals surface area contributed by atoms with E-state index >= 15 is 0 Å². The van der Waals surface area contributed by atoms with Crippen molar-refractivity contribution < 1.29 is 4.74 Å². The molecule has 0 fully saturated rings. The Labute approximate surface area is 92.1 Å². The Morgan fingerprint density at radius 2 is 2.29 bits per heavy atom. The number of amidine groups is 1. The second-order valence-electron chi connectivity index (χ2n) is 3.50. The van der Waals surface area contributed by atoms with Gasteiger partial charge in [0.1, 0.15) is 5.76 Å². The fourth-order valence-electron chi connectivity index (χ4n) is 1.88. The number of rotatable bonds is 1. The van der Waals surface area contributed by atoms with E-state index in [4.69, 9.17) is 4.74 Å². The van der Waals surface area contributed by atoms with E-state index in [0.717, 1.165) is 17.3 Å². The van der Waals surface area contributed by atoms with Gasteiger partial charge in [-0.3, -0.25) is 4.99 Å². The van der Waals surface area contributed by atoms with Crippen molar-refractivity contribution in [1.82, 2.24) is 5.32 Å². The van der Waals surface area contributed by atoms with Crippen LogP contribution in [0.15, 0.2) is 28.1 Å². The summed E-state index contributed by atoms with van der Waals surface area (Å²) >= 11 is 3.61. The van der Waals surface area contributed by atoms with E-state index in [2.05, 4.69) is 33.2 Å². The standard InChI is InChI=1S/C10H13BrN2O/c1-5-9-7(13-6(2)12-5)4-8(14-3)10(9)11/h4-5,10H,1-3H3,(H,12,13)/t5-,10?/m0/s1. The van der Waals surface area contributed by atoms with Crippen molar-refractivity contribution in [3.05, 3.63) is 23.1 Å². The van der Waals surface area contributed by atoms with Crippen LogP contribution in [-0.4, -0.2) is 23.8 Å². The highest BCUT2D eigenvalue weighted by Gasteiger charge is 2.32. The minimum absolute atomic E-state index is 0.168. The van der Waals surface area contributed by atoms with Crippen LogP contribution in [0.5, 0.6) is 0 Å². The molecule has 0 aromatic rings. The molecule has 0 saturated heterocycles. The second kappa shape index (κ2) is 3.42. The number of alkyl halides is 1. The van der Waals surface area contributed by atoms with Crippen LogP contribution < -0.4 is 5.32 Å². The third kappa shape index (κ3) is 1.38. The molecule has 76 valence electrons. The number of nitrogens with zero attached hydrogens (tertiary/aromatic N) is 1. The summed E-state index contributed by atoms with van der Waals surface area (Å²) in [5.41, 5.74) is 2.39. The van der Waals surface area contributed by atoms with Gasteiger partial charge in [-0.2, -0.15) is 0 Å². The van der Waals surface area contributed by atoms with Gasteiger partial charge in [-0.25, -0.2) is 0 Å². The summed E-state index contributed by atoms with van der Waals surface area (Å²) in [6.07, 6.45) is 2.03. The van der Waals surface area contributed by atoms with Gasteiger partial charge in [-0.1, -0.05) is 15.9 Å². The summed E-state index contributed by atoms with van der Waals surface area (Å²) in [6, 6.07) is 0.222. The van der Waals surface area contributed by atoms with E-state index in [1.165, 1.54) is 5.57 Å². The van der Waals surface area contributed by atoms with Gasteiger partial charge in [-0.15, -0.1) is 0 Å². The normalized spacial score (nSPS) is 30.6. The molecular weight excluding hydrogens is 244 g/mol. The van der Waals surface area contributed by atoms with Gasteiger partial charge in [0.2, 0.25) is 0 Å². The molecule has 1 N–H and O–H groups in total. The molecule has 2 rings (SSSR count). The summed E-state index contributed by atoms with van der Waals surface area (Å²) in [5, 5.41) is 3.25. The number of hydrogen-bond acceptors (Lipinski definition) is 3. The third-order valence-corrected chi connectivity index (χ3v) is 3.45. The molecule has 2 aliphatic rings. The van der Waals surface area contributed by atoms with Gasteiger partial charge < -0.3 is 10.1 Å². The van der Waals surface area contributed by atoms with E-state index in [1.54, 1.807) is 7.11 Å². The fourth-order valence-corrected chi connectivity index (χ4v) is 2.83. The first-order valence-corrected chi connectivity index (χ1v) is 5.50. The first-order chi connectivity index (χ1) is 6.63. The molecule has 0 radical (unpaired) electrons. The fraction of sp³-hybridized carbons (Fsp3) is 0.500. The topological polar surface area (TPSA) is 33.6 Å². The average molecular weight is 257 g/mol. The molecule has 0 aromatic carbocycles. The Hall–Kier alpha value is -0.770. The Morgan fingerprint density at radius 1 is 1.57 bits per heavy atom. The van der Waals surface area contributed by atoms with Crippen LogP contribution in [0.2, 0.25) is 0 Å². The molecule has 14 heavy (non-hydrogen) atoms. The van der Waals surface area contributed by atoms with Crippen molar-refractivity contribution in [1.29, 1.82) is 0 Å². The number of ether oxygens (including phenoxy) is 1. The molecule has 0 spiro atoms. The first kappa shape index (κ1) is 9.77. The summed E-state index contributed by atoms with van der Waals surface area (Å²) in [6.45, 7) is 4.07. The lowest BCUT2D eigenvalue weighted by molar-refractivity contribution is 0.288. The van der Waals surface area contributed by atoms with Crippen LogP contribution in [0.3, 0.4) is 0 Å². The van der Waals surface area contributed by atoms with E-state index in [9.17, 15) is 0 Å². The van der Waals surface area contributed by atoms with Gasteiger partial charge in [0.05, 0.1) is 23.8 Å². The highest BCUT2D eigenvalue weighted by Crippen LogP contribution is 2.35. The van der Waals surface area contributed by atoms with Crippen molar-refractivity contribution in [2.24, 2.45) is 4.99 Å². The zero-order valence-electron chi connectivity index (χ0n) is 8.47. The minimum atomic E-state index is 0.168. The van der Waals surface area contributed by atoms with Crippen LogP contribution in [0.4, 0.5) is 0 Å². The number of aliphatic imine (C=N–C) groups is 1. The van der Waals surface area contributed by atoms with Crippen LogP contribution in [0, 0.1) is 0 Å². The maximum Gasteiger partial charge on any atom is 0.115 e. The molecule has 0 aromatic heterocycles. The molecule has 0 amide bonds. The lowest BCUT2D eigenvalue weighted by atomic mass is 10.1. The van der Waals surface area contributed by atoms with Crippen LogP contribution in [-0.2, 0) is 4.74 Å². The first-order valence-electron chi connectivity index (χ1n) is 4.58. The maximum absolute atomic E-state index is 5.28. The maximum atomic E-state index is 5.28. The van der Waals surface area contributed by atoms with Crippen molar-refractivity contribution in [2.45, 2.75) is 24.7 Å². The molecule has 4 heteroatoms. The van der Waals surface area contributed by atoms with Crippen molar-refractivity contribution in [3.8, 4) is 0 Å². The number of methoxy groups -OCH3 is 1. The Balaban J connectivity index is 2.32. The zero-order chi connectivity index (χ0) is 10.3. The SMILES string of the molecule is COC1=CC2=C(C1Br)[C@H](C)N=C(C)N2. The van der Waals surface area contributed by atoms with Gasteiger partial charge >= 0.3 is 0 Å². The number of halogens is 1. The summed E-state index contributed by atoms with van der Waals surface area (Å²) < 4.78 is 5.28. The van der Waals surface area contributed by atoms with Crippen molar-refractivity contribution >= 4 is 21.8 Å². The number of hydrogen-bond donors (Lipinski definition) is 1. The largest absolute Gasteiger partial charge is 0.499 e. The van der Waals surface area contributed by atoms with Crippen molar-refractivity contribution in [3.63, 3.8) is 0 Å². The van der Waals surface area contributed by atoms with Crippen LogP contribution in [0.25, 0.3) is 0 Å². The molecule has 1 aliphatic heterocycles. The number of allylic oxidation sites excluding steroid dienone is 2. The Kier molecular flexibility index (Phi) is 2.39. The van der Waals surface area contributed by atoms with Gasteiger partial charge in [0.15, 0.2) is 0 Å². The molecule has 2 atom stereocenters. The molecule has 1 aliphatic carbocycles. The monoisotopic (exact) mass is 256 g/mol. The van der Waals surface area contributed by atoms with Gasteiger partial charge in [0.25, 0.3) is 0 Å². The molecule has 1 unspecified atom stereocenters. The average Bonchev–Trinajstić information content (AvgIpc) is 2.42. The third-order valence-electron chi connectivity index (χ3n) is 2.51. The Bertz CT molecular complexity index is 357. The number of nitrogens with one attached hydrogen (secondary N) is 1. The van der Waals surface area contributed by atoms with Crippen LogP contribution >= 0.6 is 15.9 Å². The highest BCUT2D eigenvalue weighted by molar-refractivity contribution is 9.09. The zero-order valence-corrected chi connectivity index (χ0v) is 10.1. The second-order valence-corrected chi connectivity index (χ2v) is 4.41. The van der Waals surface area contributed by atoms with E-state index in [1.807, 2.05) is 13.0 Å². The molecule has 0 saturated carbocycles. The van der Waals surface area contributed by atoms with Gasteiger partial charge in [0, 0.05) is 11.8 Å². The van der Waals surface area contributed by atoms with Crippen LogP contribution in [0.1, 0.15) is 13.8 Å². The summed E-state index contributed by atoms with van der Waals surface area (Å²) in [4.78, 5) is 4.64. The highest BCUT2D eigenvalue weighted by atomic mass is 79.9. The smallest absolute Gasteiger partial charge is 0.115 e. The quantitative estimate of drug-likeness (QED) is 0.728. The summed E-state index contributed by atoms with van der Waals surface area (Å²) in [7, 11) is 1.69. The lowest BCUT2D eigenvalue weighted by Crippen LogP contribution is -2.29. The minimum Gasteiger partial charge on any atom is -0.499 e. The predicted octanol–water partition coefficient (Wildman–Crippen LogP) is 1.96. The summed E-state index contributed by atoms with van der Waals surface area (Å²) in [5.74, 6) is 1.91. The van der Waals surface area contributed by atoms with Crippen molar-refractivity contribution in [2.75, 3.05) is 7.11 Å². The van der Waals surface area contributed by atoms with E-state index in [0.29, 0.717) is 0 Å². The molecule has 0 bridgehead atoms. The Morgan fingerprint density at radius 3 is 2.93 bits per heavy atom. The molecular formula is C10H13BrN2O. The lowest BCUT2D eigenvalue weighted by Gasteiger charge is -2.22. The van der Waals surface area contributed by atoms with E-state index in [-0.39, 0.29) is 10.9 Å².